The van der Waals surface area contributed by atoms with E-state index < -0.39 is 10.7 Å². The summed E-state index contributed by atoms with van der Waals surface area (Å²) in [5.74, 6) is -0.367. The lowest BCUT2D eigenvalue weighted by Gasteiger charge is -2.04. The van der Waals surface area contributed by atoms with Gasteiger partial charge >= 0.3 is 5.76 Å². The van der Waals surface area contributed by atoms with Crippen LogP contribution in [0.5, 0.6) is 0 Å². The Labute approximate surface area is 164 Å². The number of nitrogens with one attached hydrogen (secondary N) is 1. The number of non-ortho nitro benzene ring substituents is 1. The Morgan fingerprint density at radius 2 is 2.21 bits per heavy atom. The van der Waals surface area contributed by atoms with Gasteiger partial charge in [0.2, 0.25) is 5.91 Å². The van der Waals surface area contributed by atoms with E-state index in [9.17, 15) is 19.7 Å². The van der Waals surface area contributed by atoms with Crippen LogP contribution in [0.4, 0.5) is 5.69 Å². The van der Waals surface area contributed by atoms with E-state index in [0.29, 0.717) is 24.4 Å². The number of hydrogen-bond donors (Lipinski definition) is 1. The highest BCUT2D eigenvalue weighted by Crippen LogP contribution is 2.21. The number of amides is 1. The number of thiazole rings is 1. The van der Waals surface area contributed by atoms with Crippen LogP contribution in [0.1, 0.15) is 43.3 Å². The highest BCUT2D eigenvalue weighted by atomic mass is 32.1. The summed E-state index contributed by atoms with van der Waals surface area (Å²) in [5.41, 5.74) is 1.32. The van der Waals surface area contributed by atoms with Crippen LogP contribution < -0.4 is 11.1 Å². The average molecular weight is 404 g/mol. The van der Waals surface area contributed by atoms with E-state index in [0.717, 1.165) is 10.7 Å². The second-order valence-corrected chi connectivity index (χ2v) is 7.53. The number of aromatic nitrogens is 2. The first-order valence-electron chi connectivity index (χ1n) is 8.84. The van der Waals surface area contributed by atoms with Crippen LogP contribution in [-0.2, 0) is 17.9 Å². The van der Waals surface area contributed by atoms with Gasteiger partial charge in [0.1, 0.15) is 0 Å². The van der Waals surface area contributed by atoms with E-state index >= 15 is 0 Å². The molecule has 1 amide bonds. The summed E-state index contributed by atoms with van der Waals surface area (Å²) in [6, 6.07) is 4.02. The Morgan fingerprint density at radius 1 is 1.43 bits per heavy atom. The van der Waals surface area contributed by atoms with Gasteiger partial charge in [-0.25, -0.2) is 9.78 Å². The number of hydrogen-bond acceptors (Lipinski definition) is 7. The molecule has 0 unspecified atom stereocenters. The number of fused-ring (bicyclic) bond motifs is 1. The molecule has 148 valence electrons. The number of carbonyl (C=O) groups is 1. The van der Waals surface area contributed by atoms with Gasteiger partial charge in [-0.2, -0.15) is 0 Å². The summed E-state index contributed by atoms with van der Waals surface area (Å²) in [5, 5.41) is 16.6. The average Bonchev–Trinajstić information content (AvgIpc) is 3.24. The third-order valence-corrected chi connectivity index (χ3v) is 5.37. The van der Waals surface area contributed by atoms with Crippen molar-refractivity contribution in [3.05, 3.63) is 54.9 Å². The van der Waals surface area contributed by atoms with Crippen molar-refractivity contribution < 1.29 is 14.1 Å². The second-order valence-electron chi connectivity index (χ2n) is 6.64. The molecule has 9 nitrogen and oxygen atoms in total. The maximum absolute atomic E-state index is 12.0. The van der Waals surface area contributed by atoms with Crippen molar-refractivity contribution in [2.45, 2.75) is 45.7 Å². The molecule has 28 heavy (non-hydrogen) atoms. The fraction of sp³-hybridized carbons (Fsp3) is 0.389. The van der Waals surface area contributed by atoms with E-state index in [4.69, 9.17) is 4.42 Å². The molecule has 0 saturated heterocycles. The Balaban J connectivity index is 1.54. The van der Waals surface area contributed by atoms with Crippen LogP contribution in [0.3, 0.4) is 0 Å². The van der Waals surface area contributed by atoms with E-state index in [2.05, 4.69) is 24.1 Å². The van der Waals surface area contributed by atoms with Crippen molar-refractivity contribution in [3.63, 3.8) is 0 Å². The molecule has 0 fully saturated rings. The van der Waals surface area contributed by atoms with Crippen molar-refractivity contribution in [1.29, 1.82) is 0 Å². The number of oxazole rings is 1. The fourth-order valence-corrected chi connectivity index (χ4v) is 3.56. The van der Waals surface area contributed by atoms with Crippen molar-refractivity contribution >= 4 is 34.0 Å². The number of nitro groups is 1. The first kappa shape index (κ1) is 19.7. The zero-order chi connectivity index (χ0) is 20.3. The summed E-state index contributed by atoms with van der Waals surface area (Å²) in [6.07, 6.45) is 0.680. The third-order valence-electron chi connectivity index (χ3n) is 4.18. The van der Waals surface area contributed by atoms with E-state index in [1.807, 2.05) is 5.38 Å². The highest BCUT2D eigenvalue weighted by molar-refractivity contribution is 7.09. The summed E-state index contributed by atoms with van der Waals surface area (Å²) >= 11 is 1.58. The van der Waals surface area contributed by atoms with Crippen molar-refractivity contribution in [2.24, 2.45) is 0 Å². The van der Waals surface area contributed by atoms with Gasteiger partial charge in [-0.05, 0) is 12.5 Å². The Bertz CT molecular complexity index is 1070. The molecule has 0 saturated carbocycles. The quantitative estimate of drug-likeness (QED) is 0.455. The molecule has 0 atom stereocenters. The molecule has 1 N–H and O–H groups in total. The zero-order valence-corrected chi connectivity index (χ0v) is 16.3. The summed E-state index contributed by atoms with van der Waals surface area (Å²) in [4.78, 5) is 38.7. The molecular weight excluding hydrogens is 384 g/mol. The molecule has 10 heteroatoms. The molecule has 0 radical (unpaired) electrons. The van der Waals surface area contributed by atoms with Gasteiger partial charge in [-0.3, -0.25) is 19.5 Å². The first-order chi connectivity index (χ1) is 13.3. The molecule has 1 aromatic carbocycles. The lowest BCUT2D eigenvalue weighted by atomic mass is 10.2. The Morgan fingerprint density at radius 3 is 2.89 bits per heavy atom. The minimum absolute atomic E-state index is 0.129. The molecule has 0 bridgehead atoms. The van der Waals surface area contributed by atoms with Gasteiger partial charge in [0.15, 0.2) is 5.58 Å². The van der Waals surface area contributed by atoms with Crippen LogP contribution in [0.25, 0.3) is 11.1 Å². The number of nitro benzene ring substituents is 1. The minimum Gasteiger partial charge on any atom is -0.407 e. The SMILES string of the molecule is CC(C)c1nc(CNC(=O)CCCn2c(=O)oc3cc([N+](=O)[O-])ccc32)cs1. The second kappa shape index (κ2) is 8.34. The molecule has 0 aliphatic rings. The van der Waals surface area contributed by atoms with Crippen LogP contribution in [-0.4, -0.2) is 20.4 Å². The van der Waals surface area contributed by atoms with Crippen molar-refractivity contribution in [2.75, 3.05) is 0 Å². The van der Waals surface area contributed by atoms with Crippen molar-refractivity contribution in [1.82, 2.24) is 14.9 Å². The van der Waals surface area contributed by atoms with E-state index in [1.165, 1.54) is 22.8 Å². The topological polar surface area (TPSA) is 120 Å². The largest absolute Gasteiger partial charge is 0.419 e. The monoisotopic (exact) mass is 404 g/mol. The molecule has 2 aromatic heterocycles. The zero-order valence-electron chi connectivity index (χ0n) is 15.5. The number of benzene rings is 1. The van der Waals surface area contributed by atoms with Crippen LogP contribution in [0.2, 0.25) is 0 Å². The molecular formula is C18H20N4O5S. The summed E-state index contributed by atoms with van der Waals surface area (Å²) < 4.78 is 6.45. The standard InChI is InChI=1S/C18H20N4O5S/c1-11(2)17-20-12(10-28-17)9-19-16(23)4-3-7-21-14-6-5-13(22(25)26)8-15(14)27-18(21)24/h5-6,8,10-11H,3-4,7,9H2,1-2H3,(H,19,23). The van der Waals surface area contributed by atoms with Gasteiger partial charge in [0.25, 0.3) is 5.69 Å². The fourth-order valence-electron chi connectivity index (χ4n) is 2.72. The predicted octanol–water partition coefficient (Wildman–Crippen LogP) is 3.18. The van der Waals surface area contributed by atoms with Crippen LogP contribution in [0, 0.1) is 10.1 Å². The lowest BCUT2D eigenvalue weighted by molar-refractivity contribution is -0.384. The van der Waals surface area contributed by atoms with Gasteiger partial charge < -0.3 is 9.73 Å². The Hall–Kier alpha value is -3.01. The predicted molar refractivity (Wildman–Crippen MR) is 104 cm³/mol. The van der Waals surface area contributed by atoms with Crippen molar-refractivity contribution in [3.8, 4) is 0 Å². The minimum atomic E-state index is -0.598. The van der Waals surface area contributed by atoms with Crippen LogP contribution >= 0.6 is 11.3 Å². The number of rotatable bonds is 8. The van der Waals surface area contributed by atoms with Gasteiger partial charge in [-0.15, -0.1) is 11.3 Å². The smallest absolute Gasteiger partial charge is 0.407 e. The first-order valence-corrected chi connectivity index (χ1v) is 9.72. The summed E-state index contributed by atoms with van der Waals surface area (Å²) in [6.45, 7) is 4.80. The number of carbonyl (C=O) groups excluding carboxylic acids is 1. The number of aryl methyl sites for hydroxylation is 1. The normalized spacial score (nSPS) is 11.2. The molecule has 2 heterocycles. The molecule has 0 spiro atoms. The maximum Gasteiger partial charge on any atom is 0.419 e. The molecule has 3 rings (SSSR count). The number of nitrogens with zero attached hydrogens (tertiary/aromatic N) is 3. The lowest BCUT2D eigenvalue weighted by Crippen LogP contribution is -2.23. The highest BCUT2D eigenvalue weighted by Gasteiger charge is 2.14. The molecule has 3 aromatic rings. The van der Waals surface area contributed by atoms with E-state index in [1.54, 1.807) is 11.3 Å². The van der Waals surface area contributed by atoms with Gasteiger partial charge in [0.05, 0.1) is 33.8 Å². The maximum atomic E-state index is 12.0. The van der Waals surface area contributed by atoms with Gasteiger partial charge in [0, 0.05) is 30.3 Å². The third kappa shape index (κ3) is 4.45. The van der Waals surface area contributed by atoms with Gasteiger partial charge in [-0.1, -0.05) is 13.8 Å². The molecule has 0 aliphatic heterocycles. The summed E-state index contributed by atoms with van der Waals surface area (Å²) in [7, 11) is 0. The van der Waals surface area contributed by atoms with Crippen LogP contribution in [0.15, 0.2) is 32.8 Å². The Kier molecular flexibility index (Phi) is 5.88. The molecule has 0 aliphatic carbocycles. The van der Waals surface area contributed by atoms with E-state index in [-0.39, 0.29) is 30.1 Å².